The van der Waals surface area contributed by atoms with E-state index in [1.807, 2.05) is 30.3 Å². The Kier molecular flexibility index (Phi) is 10.2. The maximum atomic E-state index is 4.96. The highest BCUT2D eigenvalue weighted by molar-refractivity contribution is 14.0. The average molecular weight is 539 g/mol. The molecule has 3 rings (SSSR count). The number of aryl methyl sites for hydroxylation is 1. The van der Waals surface area contributed by atoms with E-state index >= 15 is 0 Å². The molecule has 1 N–H and O–H groups in total. The van der Waals surface area contributed by atoms with Gasteiger partial charge in [0, 0.05) is 37.2 Å². The smallest absolute Gasteiger partial charge is 0.194 e. The van der Waals surface area contributed by atoms with Crippen LogP contribution >= 0.6 is 47.5 Å². The number of aliphatic imine (C=N–C) groups is 1. The van der Waals surface area contributed by atoms with Gasteiger partial charge >= 0.3 is 0 Å². The maximum Gasteiger partial charge on any atom is 0.194 e. The van der Waals surface area contributed by atoms with Crippen LogP contribution < -0.4 is 5.32 Å². The van der Waals surface area contributed by atoms with Crippen LogP contribution in [0.2, 0.25) is 0 Å². The van der Waals surface area contributed by atoms with Crippen molar-refractivity contribution in [2.45, 2.75) is 56.7 Å². The third-order valence-corrected chi connectivity index (χ3v) is 7.91. The Morgan fingerprint density at radius 3 is 2.75 bits per heavy atom. The molecule has 0 aromatic carbocycles. The summed E-state index contributed by atoms with van der Waals surface area (Å²) in [5.41, 5.74) is 0. The van der Waals surface area contributed by atoms with Crippen LogP contribution in [0.1, 0.15) is 50.2 Å². The Balaban J connectivity index is 0.00000280. The zero-order valence-corrected chi connectivity index (χ0v) is 21.4. The van der Waals surface area contributed by atoms with Gasteiger partial charge in [-0.1, -0.05) is 19.3 Å². The highest BCUT2D eigenvalue weighted by atomic mass is 127. The number of halogens is 1. The minimum Gasteiger partial charge on any atom is -0.356 e. The summed E-state index contributed by atoms with van der Waals surface area (Å²) in [5.74, 6) is 5.30. The van der Waals surface area contributed by atoms with E-state index in [-0.39, 0.29) is 24.0 Å². The van der Waals surface area contributed by atoms with Gasteiger partial charge in [-0.2, -0.15) is 23.5 Å². The number of hydrogen-bond donors (Lipinski definition) is 1. The van der Waals surface area contributed by atoms with Crippen molar-refractivity contribution in [1.29, 1.82) is 0 Å². The molecule has 2 aliphatic rings. The van der Waals surface area contributed by atoms with Crippen LogP contribution in [-0.4, -0.2) is 67.8 Å². The third-order valence-electron chi connectivity index (χ3n) is 5.67. The molecule has 1 aliphatic carbocycles. The number of rotatable bonds is 6. The Morgan fingerprint density at radius 1 is 1.29 bits per heavy atom. The standard InChI is InChI=1S/C19H34N6S2.HI/c1-16-22-23-17(24(16)2)14-21-18(20-10-7-12-26-3)25-11-13-27-19(15-25)8-5-4-6-9-19;/h4-15H2,1-3H3,(H,20,21);1H. The molecule has 1 aromatic rings. The second kappa shape index (κ2) is 11.9. The minimum atomic E-state index is 0. The number of hydrogen-bond acceptors (Lipinski definition) is 5. The largest absolute Gasteiger partial charge is 0.356 e. The van der Waals surface area contributed by atoms with E-state index in [0.29, 0.717) is 11.3 Å². The van der Waals surface area contributed by atoms with E-state index in [0.717, 1.165) is 43.7 Å². The molecule has 0 amide bonds. The maximum absolute atomic E-state index is 4.96. The Bertz CT molecular complexity index is 624. The van der Waals surface area contributed by atoms with Gasteiger partial charge in [0.1, 0.15) is 12.4 Å². The van der Waals surface area contributed by atoms with Crippen molar-refractivity contribution in [3.05, 3.63) is 11.6 Å². The van der Waals surface area contributed by atoms with Crippen molar-refractivity contribution in [3.8, 4) is 0 Å². The van der Waals surface area contributed by atoms with Gasteiger partial charge in [0.25, 0.3) is 0 Å². The number of nitrogens with one attached hydrogen (secondary N) is 1. The van der Waals surface area contributed by atoms with Crippen LogP contribution in [0.15, 0.2) is 4.99 Å². The second-order valence-electron chi connectivity index (χ2n) is 7.65. The van der Waals surface area contributed by atoms with Gasteiger partial charge in [-0.05, 0) is 38.2 Å². The molecule has 1 saturated heterocycles. The first-order valence-corrected chi connectivity index (χ1v) is 12.5. The van der Waals surface area contributed by atoms with Gasteiger partial charge in [0.05, 0.1) is 0 Å². The molecule has 1 aliphatic heterocycles. The van der Waals surface area contributed by atoms with Gasteiger partial charge < -0.3 is 14.8 Å². The molecule has 0 bridgehead atoms. The molecular weight excluding hydrogens is 503 g/mol. The predicted octanol–water partition coefficient (Wildman–Crippen LogP) is 3.69. The normalized spacial score (nSPS) is 19.5. The van der Waals surface area contributed by atoms with Crippen LogP contribution in [0.25, 0.3) is 0 Å². The SMILES string of the molecule is CSCCCNC(=NCc1nnc(C)n1C)N1CCSC2(CCCCC2)C1.I. The summed E-state index contributed by atoms with van der Waals surface area (Å²) in [6.07, 6.45) is 10.2. The predicted molar refractivity (Wildman–Crippen MR) is 133 cm³/mol. The molecular formula is C19H35IN6S2. The number of guanidine groups is 1. The lowest BCUT2D eigenvalue weighted by Crippen LogP contribution is -2.53. The zero-order valence-electron chi connectivity index (χ0n) is 17.4. The van der Waals surface area contributed by atoms with Gasteiger partial charge in [0.2, 0.25) is 0 Å². The monoisotopic (exact) mass is 538 g/mol. The third kappa shape index (κ3) is 6.42. The summed E-state index contributed by atoms with van der Waals surface area (Å²) >= 11 is 4.11. The molecule has 1 aromatic heterocycles. The van der Waals surface area contributed by atoms with E-state index in [9.17, 15) is 0 Å². The average Bonchev–Trinajstić information content (AvgIpc) is 3.00. The van der Waals surface area contributed by atoms with Gasteiger partial charge in [0.15, 0.2) is 11.8 Å². The van der Waals surface area contributed by atoms with Crippen molar-refractivity contribution < 1.29 is 0 Å². The highest BCUT2D eigenvalue weighted by Gasteiger charge is 2.38. The second-order valence-corrected chi connectivity index (χ2v) is 10.2. The number of thioether (sulfide) groups is 2. The highest BCUT2D eigenvalue weighted by Crippen LogP contribution is 2.42. The fourth-order valence-corrected chi connectivity index (χ4v) is 5.95. The molecule has 1 saturated carbocycles. The van der Waals surface area contributed by atoms with Crippen LogP contribution in [0.4, 0.5) is 0 Å². The van der Waals surface area contributed by atoms with E-state index < -0.39 is 0 Å². The van der Waals surface area contributed by atoms with Crippen molar-refractivity contribution in [1.82, 2.24) is 25.0 Å². The lowest BCUT2D eigenvalue weighted by molar-refractivity contribution is 0.293. The van der Waals surface area contributed by atoms with Crippen molar-refractivity contribution in [3.63, 3.8) is 0 Å². The molecule has 0 unspecified atom stereocenters. The molecule has 9 heteroatoms. The van der Waals surface area contributed by atoms with Crippen LogP contribution in [0.3, 0.4) is 0 Å². The lowest BCUT2D eigenvalue weighted by atomic mass is 9.87. The topological polar surface area (TPSA) is 58.3 Å². The first kappa shape index (κ1) is 24.1. The van der Waals surface area contributed by atoms with Gasteiger partial charge in [-0.15, -0.1) is 34.2 Å². The summed E-state index contributed by atoms with van der Waals surface area (Å²) in [4.78, 5) is 7.46. The van der Waals surface area contributed by atoms with Crippen molar-refractivity contribution >= 4 is 53.5 Å². The van der Waals surface area contributed by atoms with Gasteiger partial charge in [-0.25, -0.2) is 4.99 Å². The molecule has 1 spiro atoms. The molecule has 6 nitrogen and oxygen atoms in total. The summed E-state index contributed by atoms with van der Waals surface area (Å²) < 4.78 is 2.48. The first-order valence-electron chi connectivity index (χ1n) is 10.1. The quantitative estimate of drug-likeness (QED) is 0.258. The Morgan fingerprint density at radius 2 is 2.07 bits per heavy atom. The zero-order chi connectivity index (χ0) is 19.1. The fraction of sp³-hybridized carbons (Fsp3) is 0.842. The summed E-state index contributed by atoms with van der Waals surface area (Å²) in [5, 5.41) is 12.1. The molecule has 0 atom stereocenters. The van der Waals surface area contributed by atoms with Crippen LogP contribution in [0, 0.1) is 6.92 Å². The minimum absolute atomic E-state index is 0. The Labute approximate surface area is 195 Å². The van der Waals surface area contributed by atoms with Gasteiger partial charge in [-0.3, -0.25) is 0 Å². The fourth-order valence-electron chi connectivity index (χ4n) is 3.94. The summed E-state index contributed by atoms with van der Waals surface area (Å²) in [6, 6.07) is 0. The molecule has 160 valence electrons. The molecule has 2 fully saturated rings. The van der Waals surface area contributed by atoms with Crippen molar-refractivity contribution in [2.24, 2.45) is 12.0 Å². The van der Waals surface area contributed by atoms with E-state index in [1.54, 1.807) is 0 Å². The first-order chi connectivity index (χ1) is 13.1. The molecule has 2 heterocycles. The van der Waals surface area contributed by atoms with E-state index in [2.05, 4.69) is 38.4 Å². The number of aromatic nitrogens is 3. The van der Waals surface area contributed by atoms with E-state index in [1.165, 1.54) is 43.6 Å². The molecule has 0 radical (unpaired) electrons. The van der Waals surface area contributed by atoms with Crippen LogP contribution in [-0.2, 0) is 13.6 Å². The van der Waals surface area contributed by atoms with Crippen LogP contribution in [0.5, 0.6) is 0 Å². The summed E-state index contributed by atoms with van der Waals surface area (Å²) in [7, 11) is 2.01. The summed E-state index contributed by atoms with van der Waals surface area (Å²) in [6.45, 7) is 5.76. The molecule has 28 heavy (non-hydrogen) atoms. The van der Waals surface area contributed by atoms with E-state index in [4.69, 9.17) is 4.99 Å². The lowest BCUT2D eigenvalue weighted by Gasteiger charge is -2.45. The number of nitrogens with zero attached hydrogens (tertiary/aromatic N) is 5. The van der Waals surface area contributed by atoms with Crippen molar-refractivity contribution in [2.75, 3.05) is 37.4 Å². The Hall–Kier alpha value is -0.160.